The number of nitrogens with zero attached hydrogens (tertiary/aromatic N) is 3. The minimum Gasteiger partial charge on any atom is -0.462 e. The summed E-state index contributed by atoms with van der Waals surface area (Å²) >= 11 is 0. The van der Waals surface area contributed by atoms with E-state index < -0.39 is 0 Å². The molecule has 0 saturated heterocycles. The van der Waals surface area contributed by atoms with Crippen LogP contribution in [0.1, 0.15) is 24.4 Å². The third-order valence-corrected chi connectivity index (χ3v) is 4.33. The Morgan fingerprint density at radius 1 is 1.16 bits per heavy atom. The monoisotopic (exact) mass is 420 g/mol. The summed E-state index contributed by atoms with van der Waals surface area (Å²) in [5.41, 5.74) is 1.89. The van der Waals surface area contributed by atoms with Crippen LogP contribution < -0.4 is 10.1 Å². The number of halogens is 1. The van der Waals surface area contributed by atoms with Gasteiger partial charge in [-0.3, -0.25) is 4.79 Å². The van der Waals surface area contributed by atoms with E-state index in [-0.39, 0.29) is 23.5 Å². The molecule has 4 rings (SSSR count). The van der Waals surface area contributed by atoms with Crippen molar-refractivity contribution in [1.82, 2.24) is 14.8 Å². The van der Waals surface area contributed by atoms with Crippen LogP contribution in [0.5, 0.6) is 6.01 Å². The Hall–Kier alpha value is -3.94. The molecule has 1 N–H and O–H groups in total. The maximum Gasteiger partial charge on any atom is 0.336 e. The Bertz CT molecular complexity index is 1170. The lowest BCUT2D eigenvalue weighted by Crippen LogP contribution is -2.11. The molecular weight excluding hydrogens is 399 g/mol. The number of hydrogen-bond donors (Lipinski definition) is 1. The zero-order valence-corrected chi connectivity index (χ0v) is 17.1. The van der Waals surface area contributed by atoms with Gasteiger partial charge in [-0.2, -0.15) is 4.98 Å². The van der Waals surface area contributed by atoms with Crippen molar-refractivity contribution in [3.05, 3.63) is 78.5 Å². The van der Waals surface area contributed by atoms with Crippen molar-refractivity contribution in [2.24, 2.45) is 5.92 Å². The topological polar surface area (TPSA) is 82.2 Å². The summed E-state index contributed by atoms with van der Waals surface area (Å²) in [7, 11) is 0. The lowest BCUT2D eigenvalue weighted by Gasteiger charge is -2.09. The molecule has 2 aromatic carbocycles. The molecule has 0 aliphatic rings. The van der Waals surface area contributed by atoms with Gasteiger partial charge in [-0.15, -0.1) is 5.10 Å². The normalized spacial score (nSPS) is 11.0. The van der Waals surface area contributed by atoms with E-state index in [2.05, 4.69) is 15.4 Å². The van der Waals surface area contributed by atoms with Gasteiger partial charge in [0.1, 0.15) is 5.82 Å². The van der Waals surface area contributed by atoms with Crippen LogP contribution in [0.25, 0.3) is 17.1 Å². The molecule has 0 aliphatic carbocycles. The van der Waals surface area contributed by atoms with Crippen LogP contribution in [0.2, 0.25) is 0 Å². The van der Waals surface area contributed by atoms with Crippen molar-refractivity contribution >= 4 is 11.6 Å². The van der Waals surface area contributed by atoms with E-state index in [4.69, 9.17) is 9.15 Å². The van der Waals surface area contributed by atoms with Crippen molar-refractivity contribution in [2.45, 2.75) is 13.8 Å². The summed E-state index contributed by atoms with van der Waals surface area (Å²) in [6, 6.07) is 16.6. The molecule has 0 fully saturated rings. The molecular formula is C23H21FN4O3. The Kier molecular flexibility index (Phi) is 5.79. The predicted octanol–water partition coefficient (Wildman–Crippen LogP) is 4.95. The van der Waals surface area contributed by atoms with Gasteiger partial charge in [-0.1, -0.05) is 19.9 Å². The number of anilines is 1. The second-order valence-corrected chi connectivity index (χ2v) is 7.32. The lowest BCUT2D eigenvalue weighted by atomic mass is 10.2. The van der Waals surface area contributed by atoms with E-state index >= 15 is 0 Å². The van der Waals surface area contributed by atoms with Crippen LogP contribution in [-0.4, -0.2) is 27.3 Å². The number of benzene rings is 2. The SMILES string of the molecule is CC(C)COc1nc(-c2ccc(F)cc2)n(-c2cccc(NC(=O)c3ccco3)c2)n1. The van der Waals surface area contributed by atoms with Gasteiger partial charge in [0.25, 0.3) is 5.91 Å². The van der Waals surface area contributed by atoms with Crippen LogP contribution in [0.15, 0.2) is 71.3 Å². The standard InChI is InChI=1S/C23H21FN4O3/c1-15(2)14-31-23-26-21(16-8-10-17(24)11-9-16)28(27-23)19-6-3-5-18(13-19)25-22(29)20-7-4-12-30-20/h3-13,15H,14H2,1-2H3,(H,25,29). The van der Waals surface area contributed by atoms with E-state index in [0.717, 1.165) is 0 Å². The summed E-state index contributed by atoms with van der Waals surface area (Å²) in [6.07, 6.45) is 1.44. The molecule has 0 saturated carbocycles. The minimum absolute atomic E-state index is 0.211. The number of ether oxygens (including phenoxy) is 1. The molecule has 4 aromatic rings. The van der Waals surface area contributed by atoms with Crippen molar-refractivity contribution in [3.8, 4) is 23.1 Å². The van der Waals surface area contributed by atoms with Gasteiger partial charge in [-0.05, 0) is 60.5 Å². The summed E-state index contributed by atoms with van der Waals surface area (Å²) in [5, 5.41) is 7.27. The highest BCUT2D eigenvalue weighted by molar-refractivity contribution is 6.02. The first-order valence-corrected chi connectivity index (χ1v) is 9.80. The smallest absolute Gasteiger partial charge is 0.336 e. The number of carbonyl (C=O) groups is 1. The first kappa shape index (κ1) is 20.3. The van der Waals surface area contributed by atoms with E-state index in [9.17, 15) is 9.18 Å². The number of aromatic nitrogens is 3. The van der Waals surface area contributed by atoms with Gasteiger partial charge in [0, 0.05) is 11.3 Å². The van der Waals surface area contributed by atoms with Crippen molar-refractivity contribution in [2.75, 3.05) is 11.9 Å². The maximum atomic E-state index is 13.4. The first-order chi connectivity index (χ1) is 15.0. The molecule has 8 heteroatoms. The second-order valence-electron chi connectivity index (χ2n) is 7.32. The average Bonchev–Trinajstić information content (AvgIpc) is 3.43. The third-order valence-electron chi connectivity index (χ3n) is 4.33. The van der Waals surface area contributed by atoms with Gasteiger partial charge in [0.05, 0.1) is 18.6 Å². The van der Waals surface area contributed by atoms with Crippen molar-refractivity contribution in [3.63, 3.8) is 0 Å². The molecule has 31 heavy (non-hydrogen) atoms. The number of hydrogen-bond acceptors (Lipinski definition) is 5. The highest BCUT2D eigenvalue weighted by Gasteiger charge is 2.16. The summed E-state index contributed by atoms with van der Waals surface area (Å²) in [6.45, 7) is 4.53. The molecule has 7 nitrogen and oxygen atoms in total. The second kappa shape index (κ2) is 8.83. The number of rotatable bonds is 7. The molecule has 2 heterocycles. The van der Waals surface area contributed by atoms with Gasteiger partial charge in [0.15, 0.2) is 11.6 Å². The number of furan rings is 1. The van der Waals surface area contributed by atoms with Gasteiger partial charge < -0.3 is 14.5 Å². The molecule has 0 bridgehead atoms. The maximum absolute atomic E-state index is 13.4. The summed E-state index contributed by atoms with van der Waals surface area (Å²) in [4.78, 5) is 16.8. The molecule has 0 unspecified atom stereocenters. The zero-order chi connectivity index (χ0) is 21.8. The molecule has 2 aromatic heterocycles. The number of nitrogens with one attached hydrogen (secondary N) is 1. The summed E-state index contributed by atoms with van der Waals surface area (Å²) in [5.74, 6) is 0.311. The molecule has 0 spiro atoms. The Morgan fingerprint density at radius 3 is 2.68 bits per heavy atom. The first-order valence-electron chi connectivity index (χ1n) is 9.80. The zero-order valence-electron chi connectivity index (χ0n) is 17.1. The van der Waals surface area contributed by atoms with Crippen LogP contribution in [0.3, 0.4) is 0 Å². The Balaban J connectivity index is 1.68. The van der Waals surface area contributed by atoms with Gasteiger partial charge in [0.2, 0.25) is 0 Å². The fourth-order valence-electron chi connectivity index (χ4n) is 2.88. The lowest BCUT2D eigenvalue weighted by molar-refractivity contribution is 0.0996. The van der Waals surface area contributed by atoms with E-state index in [0.29, 0.717) is 35.3 Å². The summed E-state index contributed by atoms with van der Waals surface area (Å²) < 4.78 is 25.9. The molecule has 1 amide bonds. The molecule has 0 radical (unpaired) electrons. The molecule has 0 atom stereocenters. The average molecular weight is 420 g/mol. The number of carbonyl (C=O) groups excluding carboxylic acids is 1. The number of amides is 1. The van der Waals surface area contributed by atoms with Crippen LogP contribution >= 0.6 is 0 Å². The van der Waals surface area contributed by atoms with E-state index in [1.165, 1.54) is 18.4 Å². The highest BCUT2D eigenvalue weighted by atomic mass is 19.1. The van der Waals surface area contributed by atoms with Gasteiger partial charge in [-0.25, -0.2) is 9.07 Å². The van der Waals surface area contributed by atoms with Crippen LogP contribution in [0.4, 0.5) is 10.1 Å². The third kappa shape index (κ3) is 4.80. The van der Waals surface area contributed by atoms with Crippen LogP contribution in [-0.2, 0) is 0 Å². The van der Waals surface area contributed by atoms with Crippen molar-refractivity contribution < 1.29 is 18.3 Å². The largest absolute Gasteiger partial charge is 0.462 e. The minimum atomic E-state index is -0.361. The van der Waals surface area contributed by atoms with Crippen molar-refractivity contribution in [1.29, 1.82) is 0 Å². The Morgan fingerprint density at radius 2 is 1.97 bits per heavy atom. The highest BCUT2D eigenvalue weighted by Crippen LogP contribution is 2.25. The molecule has 0 aliphatic heterocycles. The Labute approximate surface area is 178 Å². The van der Waals surface area contributed by atoms with E-state index in [1.807, 2.05) is 19.9 Å². The van der Waals surface area contributed by atoms with Gasteiger partial charge >= 0.3 is 6.01 Å². The predicted molar refractivity (Wildman–Crippen MR) is 114 cm³/mol. The quantitative estimate of drug-likeness (QED) is 0.457. The molecule has 158 valence electrons. The fraction of sp³-hybridized carbons (Fsp3) is 0.174. The fourth-order valence-corrected chi connectivity index (χ4v) is 2.88. The van der Waals surface area contributed by atoms with Crippen LogP contribution in [0, 0.1) is 11.7 Å². The van der Waals surface area contributed by atoms with E-state index in [1.54, 1.807) is 47.1 Å².